The molecule has 0 bridgehead atoms. The lowest BCUT2D eigenvalue weighted by molar-refractivity contribution is 0.101. The van der Waals surface area contributed by atoms with E-state index in [0.29, 0.717) is 36.3 Å². The van der Waals surface area contributed by atoms with Gasteiger partial charge in [0.25, 0.3) is 0 Å². The topological polar surface area (TPSA) is 88.1 Å². The number of nitrogen functional groups attached to an aromatic ring is 1. The Morgan fingerprint density at radius 3 is 2.86 bits per heavy atom. The molecule has 0 spiro atoms. The Balaban J connectivity index is 2.12. The van der Waals surface area contributed by atoms with E-state index in [2.05, 4.69) is 29.4 Å². The number of benzene rings is 1. The van der Waals surface area contributed by atoms with Crippen molar-refractivity contribution in [2.75, 3.05) is 26.1 Å². The monoisotopic (exact) mass is 291 g/mol. The van der Waals surface area contributed by atoms with Gasteiger partial charge in [0.15, 0.2) is 5.82 Å². The molecule has 0 amide bonds. The summed E-state index contributed by atoms with van der Waals surface area (Å²) < 4.78 is 12.5. The second kappa shape index (κ2) is 7.03. The van der Waals surface area contributed by atoms with Crippen LogP contribution in [0.4, 0.5) is 5.69 Å². The summed E-state index contributed by atoms with van der Waals surface area (Å²) >= 11 is 0. The van der Waals surface area contributed by atoms with Crippen LogP contribution in [0, 0.1) is 5.92 Å². The molecular weight excluding hydrogens is 270 g/mol. The highest BCUT2D eigenvalue weighted by atomic mass is 16.5. The van der Waals surface area contributed by atoms with Gasteiger partial charge in [0.2, 0.25) is 0 Å². The van der Waals surface area contributed by atoms with Crippen LogP contribution in [0.5, 0.6) is 5.75 Å². The molecule has 2 rings (SSSR count). The number of methoxy groups -OCH3 is 1. The number of rotatable bonds is 7. The second-order valence-corrected chi connectivity index (χ2v) is 5.15. The zero-order chi connectivity index (χ0) is 15.2. The Morgan fingerprint density at radius 1 is 1.33 bits per heavy atom. The van der Waals surface area contributed by atoms with Gasteiger partial charge in [0.05, 0.1) is 20.3 Å². The fourth-order valence-corrected chi connectivity index (χ4v) is 1.87. The quantitative estimate of drug-likeness (QED) is 0.616. The van der Waals surface area contributed by atoms with E-state index < -0.39 is 0 Å². The first-order chi connectivity index (χ1) is 10.1. The maximum absolute atomic E-state index is 6.00. The predicted octanol–water partition coefficient (Wildman–Crippen LogP) is 1.60. The van der Waals surface area contributed by atoms with Crippen molar-refractivity contribution in [2.45, 2.75) is 20.4 Å². The molecule has 1 heterocycles. The maximum atomic E-state index is 6.00. The number of hydrogen-bond donors (Lipinski definition) is 1. The van der Waals surface area contributed by atoms with Gasteiger partial charge in [0, 0.05) is 17.9 Å². The Labute approximate surface area is 124 Å². The molecule has 7 nitrogen and oxygen atoms in total. The third kappa shape index (κ3) is 3.91. The standard InChI is InChI=1S/C14H21N5O2/c1-10(2)9-21-7-6-19-14(16-17-18-19)12-8-11(20-3)4-5-13(12)15/h4-5,8,10H,6-7,9,15H2,1-3H3. The number of aromatic nitrogens is 4. The summed E-state index contributed by atoms with van der Waals surface area (Å²) in [6, 6.07) is 5.41. The molecule has 7 heteroatoms. The third-order valence-corrected chi connectivity index (χ3v) is 2.93. The van der Waals surface area contributed by atoms with E-state index in [1.165, 1.54) is 0 Å². The minimum absolute atomic E-state index is 0.507. The normalized spacial score (nSPS) is 11.0. The van der Waals surface area contributed by atoms with Crippen LogP contribution >= 0.6 is 0 Å². The van der Waals surface area contributed by atoms with Gasteiger partial charge in [-0.1, -0.05) is 13.8 Å². The van der Waals surface area contributed by atoms with E-state index in [-0.39, 0.29) is 0 Å². The van der Waals surface area contributed by atoms with Crippen molar-refractivity contribution < 1.29 is 9.47 Å². The molecule has 1 aromatic carbocycles. The zero-order valence-electron chi connectivity index (χ0n) is 12.6. The first-order valence-electron chi connectivity index (χ1n) is 6.89. The van der Waals surface area contributed by atoms with Gasteiger partial charge in [-0.05, 0) is 34.5 Å². The first kappa shape index (κ1) is 15.2. The summed E-state index contributed by atoms with van der Waals surface area (Å²) in [5.74, 6) is 1.83. The molecule has 2 aromatic rings. The van der Waals surface area contributed by atoms with Crippen LogP contribution in [0.3, 0.4) is 0 Å². The number of hydrogen-bond acceptors (Lipinski definition) is 6. The van der Waals surface area contributed by atoms with Gasteiger partial charge < -0.3 is 15.2 Å². The Hall–Kier alpha value is -2.15. The van der Waals surface area contributed by atoms with Gasteiger partial charge in [-0.25, -0.2) is 4.68 Å². The Kier molecular flexibility index (Phi) is 5.10. The molecule has 2 N–H and O–H groups in total. The molecular formula is C14H21N5O2. The van der Waals surface area contributed by atoms with Crippen LogP contribution in [-0.2, 0) is 11.3 Å². The summed E-state index contributed by atoms with van der Waals surface area (Å²) in [5, 5.41) is 11.8. The average Bonchev–Trinajstić information content (AvgIpc) is 2.92. The maximum Gasteiger partial charge on any atom is 0.184 e. The highest BCUT2D eigenvalue weighted by Crippen LogP contribution is 2.27. The molecule has 0 saturated heterocycles. The van der Waals surface area contributed by atoms with Crippen molar-refractivity contribution in [1.29, 1.82) is 0 Å². The molecule has 114 valence electrons. The predicted molar refractivity (Wildman–Crippen MR) is 79.9 cm³/mol. The van der Waals surface area contributed by atoms with Crippen molar-refractivity contribution in [2.24, 2.45) is 5.92 Å². The summed E-state index contributed by atoms with van der Waals surface area (Å²) in [6.45, 7) is 6.07. The molecule has 0 radical (unpaired) electrons. The van der Waals surface area contributed by atoms with Crippen molar-refractivity contribution in [3.8, 4) is 17.1 Å². The van der Waals surface area contributed by atoms with Crippen LogP contribution in [0.25, 0.3) is 11.4 Å². The Bertz CT molecular complexity index is 582. The molecule has 0 aliphatic carbocycles. The van der Waals surface area contributed by atoms with Crippen LogP contribution in [0.1, 0.15) is 13.8 Å². The molecule has 0 saturated carbocycles. The summed E-state index contributed by atoms with van der Waals surface area (Å²) in [6.07, 6.45) is 0. The van der Waals surface area contributed by atoms with E-state index in [1.807, 2.05) is 6.07 Å². The third-order valence-electron chi connectivity index (χ3n) is 2.93. The number of tetrazole rings is 1. The van der Waals surface area contributed by atoms with Crippen LogP contribution in [-0.4, -0.2) is 40.5 Å². The lowest BCUT2D eigenvalue weighted by atomic mass is 10.1. The summed E-state index contributed by atoms with van der Waals surface area (Å²) in [7, 11) is 1.61. The highest BCUT2D eigenvalue weighted by Gasteiger charge is 2.13. The Morgan fingerprint density at radius 2 is 2.14 bits per heavy atom. The van der Waals surface area contributed by atoms with E-state index >= 15 is 0 Å². The zero-order valence-corrected chi connectivity index (χ0v) is 12.6. The van der Waals surface area contributed by atoms with Crippen molar-refractivity contribution >= 4 is 5.69 Å². The van der Waals surface area contributed by atoms with Crippen molar-refractivity contribution in [1.82, 2.24) is 20.2 Å². The largest absolute Gasteiger partial charge is 0.497 e. The SMILES string of the molecule is COc1ccc(N)c(-c2nnnn2CCOCC(C)C)c1. The van der Waals surface area contributed by atoms with Gasteiger partial charge in [-0.15, -0.1) is 5.10 Å². The summed E-state index contributed by atoms with van der Waals surface area (Å²) in [5.41, 5.74) is 7.36. The number of nitrogens with zero attached hydrogens (tertiary/aromatic N) is 4. The van der Waals surface area contributed by atoms with E-state index in [9.17, 15) is 0 Å². The fourth-order valence-electron chi connectivity index (χ4n) is 1.87. The van der Waals surface area contributed by atoms with Crippen LogP contribution in [0.15, 0.2) is 18.2 Å². The number of anilines is 1. The van der Waals surface area contributed by atoms with E-state index in [4.69, 9.17) is 15.2 Å². The molecule has 0 atom stereocenters. The highest BCUT2D eigenvalue weighted by molar-refractivity contribution is 5.72. The molecule has 1 aromatic heterocycles. The van der Waals surface area contributed by atoms with Gasteiger partial charge in [0.1, 0.15) is 5.75 Å². The minimum Gasteiger partial charge on any atom is -0.497 e. The van der Waals surface area contributed by atoms with Crippen molar-refractivity contribution in [3.63, 3.8) is 0 Å². The van der Waals surface area contributed by atoms with Gasteiger partial charge in [-0.2, -0.15) is 0 Å². The van der Waals surface area contributed by atoms with E-state index in [1.54, 1.807) is 23.9 Å². The van der Waals surface area contributed by atoms with E-state index in [0.717, 1.165) is 12.2 Å². The first-order valence-corrected chi connectivity index (χ1v) is 6.89. The van der Waals surface area contributed by atoms with Crippen LogP contribution < -0.4 is 10.5 Å². The number of nitrogens with two attached hydrogens (primary N) is 1. The lowest BCUT2D eigenvalue weighted by Gasteiger charge is -2.10. The second-order valence-electron chi connectivity index (χ2n) is 5.15. The lowest BCUT2D eigenvalue weighted by Crippen LogP contribution is -2.12. The van der Waals surface area contributed by atoms with Gasteiger partial charge in [-0.3, -0.25) is 0 Å². The summed E-state index contributed by atoms with van der Waals surface area (Å²) in [4.78, 5) is 0. The fraction of sp³-hybridized carbons (Fsp3) is 0.500. The molecule has 0 fully saturated rings. The number of ether oxygens (including phenoxy) is 2. The molecule has 21 heavy (non-hydrogen) atoms. The smallest absolute Gasteiger partial charge is 0.184 e. The average molecular weight is 291 g/mol. The molecule has 0 aliphatic rings. The minimum atomic E-state index is 0.507. The van der Waals surface area contributed by atoms with Crippen molar-refractivity contribution in [3.05, 3.63) is 18.2 Å². The molecule has 0 aliphatic heterocycles. The van der Waals surface area contributed by atoms with Crippen LogP contribution in [0.2, 0.25) is 0 Å². The van der Waals surface area contributed by atoms with Gasteiger partial charge >= 0.3 is 0 Å². The molecule has 0 unspecified atom stereocenters.